The first kappa shape index (κ1) is 25.8. The minimum absolute atomic E-state index is 0.0109. The van der Waals surface area contributed by atoms with E-state index < -0.39 is 24.0 Å². The summed E-state index contributed by atoms with van der Waals surface area (Å²) in [6, 6.07) is 1.72. The minimum Gasteiger partial charge on any atom is -0.406 e. The maximum absolute atomic E-state index is 14.3. The zero-order chi connectivity index (χ0) is 26.3. The molecule has 0 aromatic heterocycles. The Morgan fingerprint density at radius 3 is 2.36 bits per heavy atom. The lowest BCUT2D eigenvalue weighted by Gasteiger charge is -2.57. The van der Waals surface area contributed by atoms with Crippen LogP contribution in [0.1, 0.15) is 31.7 Å². The van der Waals surface area contributed by atoms with Crippen molar-refractivity contribution >= 4 is 18.0 Å². The van der Waals surface area contributed by atoms with E-state index in [2.05, 4.69) is 15.4 Å². The van der Waals surface area contributed by atoms with E-state index in [4.69, 9.17) is 0 Å². The third-order valence-corrected chi connectivity index (χ3v) is 6.88. The Labute approximate surface area is 205 Å². The van der Waals surface area contributed by atoms with Crippen LogP contribution in [0.25, 0.3) is 0 Å². The maximum Gasteiger partial charge on any atom is 0.573 e. The standard InChI is InChI=1S/C23H29F4N5O4/c1-14(33)31-12-22(13-31)8-17(10-30(11-22)20(34)28-2)32(16-4-5-16)21(35)29-9-15-3-6-18(7-19(15)24)36-23(25,26)27/h3,6-7,16-17H,4-5,8-13H2,1-2H3,(H,28,34)(H,29,35)/t17-/m1/s1. The molecule has 2 aliphatic heterocycles. The summed E-state index contributed by atoms with van der Waals surface area (Å²) >= 11 is 0. The number of amides is 5. The fourth-order valence-electron chi connectivity index (χ4n) is 5.18. The van der Waals surface area contributed by atoms with Gasteiger partial charge in [-0.25, -0.2) is 14.0 Å². The lowest BCUT2D eigenvalue weighted by atomic mass is 9.71. The number of rotatable bonds is 5. The van der Waals surface area contributed by atoms with Crippen molar-refractivity contribution in [2.24, 2.45) is 5.41 Å². The van der Waals surface area contributed by atoms with Crippen molar-refractivity contribution in [3.05, 3.63) is 29.6 Å². The second-order valence-corrected chi connectivity index (χ2v) is 9.77. The van der Waals surface area contributed by atoms with Crippen LogP contribution < -0.4 is 15.4 Å². The molecule has 1 aromatic carbocycles. The number of halogens is 4. The fourth-order valence-corrected chi connectivity index (χ4v) is 5.18. The van der Waals surface area contributed by atoms with E-state index in [1.54, 1.807) is 14.7 Å². The Balaban J connectivity index is 1.45. The van der Waals surface area contributed by atoms with Crippen molar-refractivity contribution in [1.29, 1.82) is 0 Å². The molecule has 1 spiro atoms. The highest BCUT2D eigenvalue weighted by atomic mass is 19.4. The molecule has 1 aromatic rings. The molecule has 1 atom stereocenters. The molecule has 4 rings (SSSR count). The summed E-state index contributed by atoms with van der Waals surface area (Å²) in [6.45, 7) is 3.08. The van der Waals surface area contributed by atoms with Gasteiger partial charge in [-0.2, -0.15) is 0 Å². The van der Waals surface area contributed by atoms with E-state index in [1.165, 1.54) is 14.0 Å². The van der Waals surface area contributed by atoms with Crippen molar-refractivity contribution in [2.45, 2.75) is 51.2 Å². The molecule has 2 saturated heterocycles. The van der Waals surface area contributed by atoms with Gasteiger partial charge in [0.15, 0.2) is 0 Å². The first-order chi connectivity index (χ1) is 16.9. The van der Waals surface area contributed by atoms with Gasteiger partial charge in [0.1, 0.15) is 11.6 Å². The highest BCUT2D eigenvalue weighted by molar-refractivity contribution is 5.77. The Bertz CT molecular complexity index is 1030. The maximum atomic E-state index is 14.3. The zero-order valence-corrected chi connectivity index (χ0v) is 20.0. The Morgan fingerprint density at radius 2 is 1.81 bits per heavy atom. The van der Waals surface area contributed by atoms with Gasteiger partial charge in [0.25, 0.3) is 0 Å². The summed E-state index contributed by atoms with van der Waals surface area (Å²) in [6.07, 6.45) is -2.72. The van der Waals surface area contributed by atoms with Crippen LogP contribution in [0.3, 0.4) is 0 Å². The third-order valence-electron chi connectivity index (χ3n) is 6.88. The number of ether oxygens (including phenoxy) is 1. The van der Waals surface area contributed by atoms with Crippen LogP contribution >= 0.6 is 0 Å². The number of carbonyl (C=O) groups excluding carboxylic acids is 3. The number of nitrogens with one attached hydrogen (secondary N) is 2. The van der Waals surface area contributed by atoms with E-state index in [1.807, 2.05) is 0 Å². The van der Waals surface area contributed by atoms with E-state index in [-0.39, 0.29) is 41.5 Å². The van der Waals surface area contributed by atoms with Crippen LogP contribution in [-0.2, 0) is 11.3 Å². The predicted octanol–water partition coefficient (Wildman–Crippen LogP) is 2.66. The lowest BCUT2D eigenvalue weighted by molar-refractivity contribution is -0.274. The van der Waals surface area contributed by atoms with E-state index >= 15 is 0 Å². The number of hydrogen-bond acceptors (Lipinski definition) is 4. The van der Waals surface area contributed by atoms with Crippen LogP contribution in [0.15, 0.2) is 18.2 Å². The number of likely N-dealkylation sites (tertiary alicyclic amines) is 2. The molecule has 0 unspecified atom stereocenters. The molecule has 0 bridgehead atoms. The highest BCUT2D eigenvalue weighted by Gasteiger charge is 2.53. The molecule has 9 nitrogen and oxygen atoms in total. The summed E-state index contributed by atoms with van der Waals surface area (Å²) in [7, 11) is 1.53. The molecule has 2 heterocycles. The molecule has 198 valence electrons. The molecule has 2 N–H and O–H groups in total. The molecule has 36 heavy (non-hydrogen) atoms. The van der Waals surface area contributed by atoms with Crippen LogP contribution in [0.2, 0.25) is 0 Å². The monoisotopic (exact) mass is 515 g/mol. The number of alkyl halides is 3. The van der Waals surface area contributed by atoms with Crippen LogP contribution in [0, 0.1) is 11.2 Å². The van der Waals surface area contributed by atoms with Gasteiger partial charge in [0.2, 0.25) is 5.91 Å². The molecule has 3 aliphatic rings. The third kappa shape index (κ3) is 5.76. The molecule has 1 aliphatic carbocycles. The van der Waals surface area contributed by atoms with Crippen molar-refractivity contribution in [3.63, 3.8) is 0 Å². The van der Waals surface area contributed by atoms with Crippen molar-refractivity contribution in [3.8, 4) is 5.75 Å². The van der Waals surface area contributed by atoms with Gasteiger partial charge in [-0.1, -0.05) is 6.07 Å². The van der Waals surface area contributed by atoms with Gasteiger partial charge in [0.05, 0.1) is 6.04 Å². The number of urea groups is 2. The number of piperidine rings is 1. The first-order valence-electron chi connectivity index (χ1n) is 11.7. The first-order valence-corrected chi connectivity index (χ1v) is 11.7. The molecule has 5 amide bonds. The van der Waals surface area contributed by atoms with Crippen LogP contribution in [0.5, 0.6) is 5.75 Å². The topological polar surface area (TPSA) is 94.2 Å². The summed E-state index contributed by atoms with van der Waals surface area (Å²) in [5.41, 5.74) is -0.300. The van der Waals surface area contributed by atoms with E-state index in [9.17, 15) is 31.9 Å². The number of hydrogen-bond donors (Lipinski definition) is 2. The number of benzene rings is 1. The SMILES string of the molecule is CNC(=O)N1C[C@H](N(C(=O)NCc2ccc(OC(F)(F)F)cc2F)C2CC2)CC2(CN(C(C)=O)C2)C1. The zero-order valence-electron chi connectivity index (χ0n) is 20.0. The molecule has 1 saturated carbocycles. The summed E-state index contributed by atoms with van der Waals surface area (Å²) in [5, 5.41) is 5.30. The summed E-state index contributed by atoms with van der Waals surface area (Å²) < 4.78 is 55.2. The molecule has 0 radical (unpaired) electrons. The Morgan fingerprint density at radius 1 is 1.14 bits per heavy atom. The van der Waals surface area contributed by atoms with Crippen molar-refractivity contribution in [1.82, 2.24) is 25.3 Å². The number of carbonyl (C=O) groups is 3. The van der Waals surface area contributed by atoms with Crippen LogP contribution in [-0.4, -0.2) is 84.3 Å². The van der Waals surface area contributed by atoms with Crippen molar-refractivity contribution in [2.75, 3.05) is 33.2 Å². The largest absolute Gasteiger partial charge is 0.573 e. The smallest absolute Gasteiger partial charge is 0.406 e. The fraction of sp³-hybridized carbons (Fsp3) is 0.609. The summed E-state index contributed by atoms with van der Waals surface area (Å²) in [5.74, 6) is -1.66. The van der Waals surface area contributed by atoms with Gasteiger partial charge in [0, 0.05) is 69.8 Å². The average molecular weight is 516 g/mol. The Hall–Kier alpha value is -3.25. The number of nitrogens with zero attached hydrogens (tertiary/aromatic N) is 3. The molecular weight excluding hydrogens is 486 g/mol. The quantitative estimate of drug-likeness (QED) is 0.590. The minimum atomic E-state index is -4.94. The molecule has 13 heteroatoms. The molecular formula is C23H29F4N5O4. The van der Waals surface area contributed by atoms with Gasteiger partial charge in [-0.3, -0.25) is 4.79 Å². The summed E-state index contributed by atoms with van der Waals surface area (Å²) in [4.78, 5) is 42.6. The van der Waals surface area contributed by atoms with E-state index in [0.29, 0.717) is 38.7 Å². The predicted molar refractivity (Wildman–Crippen MR) is 119 cm³/mol. The van der Waals surface area contributed by atoms with Gasteiger partial charge >= 0.3 is 18.4 Å². The Kier molecular flexibility index (Phi) is 6.93. The second kappa shape index (κ2) is 9.66. The average Bonchev–Trinajstić information content (AvgIpc) is 3.60. The van der Waals surface area contributed by atoms with E-state index in [0.717, 1.165) is 25.0 Å². The van der Waals surface area contributed by atoms with Crippen LogP contribution in [0.4, 0.5) is 27.2 Å². The lowest BCUT2D eigenvalue weighted by Crippen LogP contribution is -2.69. The second-order valence-electron chi connectivity index (χ2n) is 9.77. The molecule has 3 fully saturated rings. The normalized spacial score (nSPS) is 21.0. The van der Waals surface area contributed by atoms with Gasteiger partial charge < -0.3 is 30.1 Å². The highest BCUT2D eigenvalue weighted by Crippen LogP contribution is 2.42. The van der Waals surface area contributed by atoms with Gasteiger partial charge in [-0.05, 0) is 25.3 Å². The van der Waals surface area contributed by atoms with Gasteiger partial charge in [-0.15, -0.1) is 13.2 Å². The van der Waals surface area contributed by atoms with Crippen molar-refractivity contribution < 1.29 is 36.7 Å².